The average Bonchev–Trinajstić information content (AvgIpc) is 2.88. The molecule has 3 heterocycles. The number of aromatic nitrogens is 3. The van der Waals surface area contributed by atoms with Crippen molar-refractivity contribution in [2.24, 2.45) is 0 Å². The number of rotatable bonds is 5. The van der Waals surface area contributed by atoms with E-state index in [0.29, 0.717) is 22.0 Å². The number of hydrogen-bond acceptors (Lipinski definition) is 5. The van der Waals surface area contributed by atoms with Gasteiger partial charge in [-0.25, -0.2) is 9.97 Å². The number of fused-ring (bicyclic) bond motifs is 1. The minimum Gasteiger partial charge on any atom is -0.340 e. The molecule has 192 valence electrons. The molecule has 0 bridgehead atoms. The topological polar surface area (TPSA) is 62.7 Å². The van der Waals surface area contributed by atoms with Gasteiger partial charge in [0, 0.05) is 35.5 Å². The van der Waals surface area contributed by atoms with Crippen molar-refractivity contribution in [2.45, 2.75) is 12.4 Å². The lowest BCUT2D eigenvalue weighted by Gasteiger charge is -2.16. The molecule has 0 spiro atoms. The van der Waals surface area contributed by atoms with Crippen LogP contribution in [-0.4, -0.2) is 15.0 Å². The SMILES string of the molecule is FC(F)(F)c1cccc(Nc2nccc3cc(-c4cccnc4)nc(Nc4cccc(C(F)(F)F)c4)c23)c1. The average molecular weight is 525 g/mol. The van der Waals surface area contributed by atoms with E-state index in [1.807, 2.05) is 0 Å². The number of pyridine rings is 3. The summed E-state index contributed by atoms with van der Waals surface area (Å²) in [5.41, 5.74) is -0.313. The Hall–Kier alpha value is -4.67. The van der Waals surface area contributed by atoms with E-state index >= 15 is 0 Å². The Morgan fingerprint density at radius 1 is 0.632 bits per heavy atom. The van der Waals surface area contributed by atoms with Gasteiger partial charge in [-0.3, -0.25) is 4.98 Å². The number of hydrogen-bond donors (Lipinski definition) is 2. The van der Waals surface area contributed by atoms with E-state index < -0.39 is 23.5 Å². The molecular formula is C27H17F6N5. The quantitative estimate of drug-likeness (QED) is 0.227. The van der Waals surface area contributed by atoms with Gasteiger partial charge in [0.15, 0.2) is 0 Å². The van der Waals surface area contributed by atoms with Crippen molar-refractivity contribution in [1.82, 2.24) is 15.0 Å². The van der Waals surface area contributed by atoms with Gasteiger partial charge >= 0.3 is 12.4 Å². The predicted molar refractivity (Wildman–Crippen MR) is 132 cm³/mol. The van der Waals surface area contributed by atoms with E-state index in [1.165, 1.54) is 30.5 Å². The summed E-state index contributed by atoms with van der Waals surface area (Å²) in [6.45, 7) is 0. The van der Waals surface area contributed by atoms with E-state index in [4.69, 9.17) is 0 Å². The van der Waals surface area contributed by atoms with Crippen LogP contribution in [0.5, 0.6) is 0 Å². The van der Waals surface area contributed by atoms with Gasteiger partial charge in [-0.05, 0) is 66.0 Å². The second-order valence-corrected chi connectivity index (χ2v) is 8.26. The van der Waals surface area contributed by atoms with Gasteiger partial charge in [0.1, 0.15) is 11.6 Å². The van der Waals surface area contributed by atoms with Crippen LogP contribution in [0.25, 0.3) is 22.0 Å². The van der Waals surface area contributed by atoms with Crippen LogP contribution in [-0.2, 0) is 12.4 Å². The zero-order valence-corrected chi connectivity index (χ0v) is 19.3. The van der Waals surface area contributed by atoms with Gasteiger partial charge in [0.05, 0.1) is 22.2 Å². The molecule has 0 saturated heterocycles. The Kier molecular flexibility index (Phi) is 6.35. The van der Waals surface area contributed by atoms with Crippen LogP contribution in [0.3, 0.4) is 0 Å². The third kappa shape index (κ3) is 5.36. The van der Waals surface area contributed by atoms with E-state index in [-0.39, 0.29) is 23.0 Å². The van der Waals surface area contributed by atoms with E-state index in [2.05, 4.69) is 25.6 Å². The molecule has 5 nitrogen and oxygen atoms in total. The van der Waals surface area contributed by atoms with Crippen LogP contribution in [0.1, 0.15) is 11.1 Å². The fourth-order valence-corrected chi connectivity index (χ4v) is 3.87. The smallest absolute Gasteiger partial charge is 0.340 e. The lowest BCUT2D eigenvalue weighted by Crippen LogP contribution is -2.06. The van der Waals surface area contributed by atoms with E-state index in [9.17, 15) is 26.3 Å². The molecule has 0 radical (unpaired) electrons. The van der Waals surface area contributed by atoms with Crippen molar-refractivity contribution < 1.29 is 26.3 Å². The lowest BCUT2D eigenvalue weighted by molar-refractivity contribution is -0.138. The molecular weight excluding hydrogens is 508 g/mol. The molecule has 2 N–H and O–H groups in total. The molecule has 0 aliphatic heterocycles. The first-order valence-electron chi connectivity index (χ1n) is 11.2. The van der Waals surface area contributed by atoms with Crippen LogP contribution in [0.4, 0.5) is 49.4 Å². The van der Waals surface area contributed by atoms with Crippen LogP contribution < -0.4 is 10.6 Å². The fourth-order valence-electron chi connectivity index (χ4n) is 3.87. The molecule has 0 unspecified atom stereocenters. The summed E-state index contributed by atoms with van der Waals surface area (Å²) in [5.74, 6) is 0.324. The van der Waals surface area contributed by atoms with Crippen LogP contribution in [0.2, 0.25) is 0 Å². The highest BCUT2D eigenvalue weighted by molar-refractivity contribution is 6.03. The van der Waals surface area contributed by atoms with Crippen LogP contribution in [0.15, 0.2) is 91.4 Å². The Labute approximate surface area is 212 Å². The molecule has 38 heavy (non-hydrogen) atoms. The second-order valence-electron chi connectivity index (χ2n) is 8.26. The Morgan fingerprint density at radius 2 is 1.26 bits per heavy atom. The van der Waals surface area contributed by atoms with Crippen molar-refractivity contribution in [3.63, 3.8) is 0 Å². The summed E-state index contributed by atoms with van der Waals surface area (Å²) in [5, 5.41) is 6.80. The molecule has 5 aromatic rings. The van der Waals surface area contributed by atoms with Crippen molar-refractivity contribution in [1.29, 1.82) is 0 Å². The maximum atomic E-state index is 13.3. The van der Waals surface area contributed by atoms with Crippen LogP contribution >= 0.6 is 0 Å². The summed E-state index contributed by atoms with van der Waals surface area (Å²) in [6, 6.07) is 16.1. The summed E-state index contributed by atoms with van der Waals surface area (Å²) < 4.78 is 79.7. The molecule has 0 fully saturated rings. The fraction of sp³-hybridized carbons (Fsp3) is 0.0741. The predicted octanol–water partition coefficient (Wildman–Crippen LogP) is 8.22. The van der Waals surface area contributed by atoms with Crippen molar-refractivity contribution in [3.05, 3.63) is 103 Å². The molecule has 0 atom stereocenters. The standard InChI is InChI=1S/C27H17F6N5/c28-26(29,30)18-5-1-7-20(13-18)36-24-23-16(9-11-35-24)12-22(17-4-3-10-34-15-17)38-25(23)37-21-8-2-6-19(14-21)27(31,32)33/h1-15H,(H,35,36)(H,37,38). The maximum absolute atomic E-state index is 13.3. The highest BCUT2D eigenvalue weighted by Gasteiger charge is 2.31. The first-order valence-corrected chi connectivity index (χ1v) is 11.2. The minimum atomic E-state index is -4.55. The molecule has 0 amide bonds. The van der Waals surface area contributed by atoms with Gasteiger partial charge < -0.3 is 10.6 Å². The second kappa shape index (κ2) is 9.66. The summed E-state index contributed by atoms with van der Waals surface area (Å²) in [7, 11) is 0. The van der Waals surface area contributed by atoms with Gasteiger partial charge in [0.25, 0.3) is 0 Å². The van der Waals surface area contributed by atoms with E-state index in [1.54, 1.807) is 36.7 Å². The lowest BCUT2D eigenvalue weighted by atomic mass is 10.1. The summed E-state index contributed by atoms with van der Waals surface area (Å²) in [6.07, 6.45) is -4.44. The highest BCUT2D eigenvalue weighted by Crippen LogP contribution is 2.37. The van der Waals surface area contributed by atoms with Gasteiger partial charge in [-0.2, -0.15) is 26.3 Å². The van der Waals surface area contributed by atoms with Crippen molar-refractivity contribution in [3.8, 4) is 11.3 Å². The van der Waals surface area contributed by atoms with Gasteiger partial charge in [-0.15, -0.1) is 0 Å². The molecule has 5 rings (SSSR count). The Bertz CT molecular complexity index is 1600. The zero-order chi connectivity index (χ0) is 26.9. The number of alkyl halides is 6. The Morgan fingerprint density at radius 3 is 1.84 bits per heavy atom. The van der Waals surface area contributed by atoms with Crippen LogP contribution in [0, 0.1) is 0 Å². The number of nitrogens with zero attached hydrogens (tertiary/aromatic N) is 3. The molecule has 0 saturated carbocycles. The number of halogens is 6. The molecule has 3 aromatic heterocycles. The molecule has 0 aliphatic carbocycles. The molecule has 11 heteroatoms. The monoisotopic (exact) mass is 525 g/mol. The minimum absolute atomic E-state index is 0.117. The van der Waals surface area contributed by atoms with Crippen molar-refractivity contribution in [2.75, 3.05) is 10.6 Å². The first kappa shape index (κ1) is 25.0. The summed E-state index contributed by atoms with van der Waals surface area (Å²) in [4.78, 5) is 13.0. The summed E-state index contributed by atoms with van der Waals surface area (Å²) >= 11 is 0. The number of anilines is 4. The third-order valence-corrected chi connectivity index (χ3v) is 5.61. The van der Waals surface area contributed by atoms with Crippen molar-refractivity contribution >= 4 is 33.8 Å². The normalized spacial score (nSPS) is 11.9. The first-order chi connectivity index (χ1) is 18.1. The largest absolute Gasteiger partial charge is 0.416 e. The van der Waals surface area contributed by atoms with Gasteiger partial charge in [0.2, 0.25) is 0 Å². The Balaban J connectivity index is 1.65. The highest BCUT2D eigenvalue weighted by atomic mass is 19.4. The third-order valence-electron chi connectivity index (χ3n) is 5.61. The number of nitrogens with one attached hydrogen (secondary N) is 2. The zero-order valence-electron chi connectivity index (χ0n) is 19.3. The van der Waals surface area contributed by atoms with Gasteiger partial charge in [-0.1, -0.05) is 12.1 Å². The molecule has 2 aromatic carbocycles. The van der Waals surface area contributed by atoms with E-state index in [0.717, 1.165) is 24.3 Å². The molecule has 0 aliphatic rings. The maximum Gasteiger partial charge on any atom is 0.416 e. The number of benzene rings is 2.